The molecule has 0 unspecified atom stereocenters. The third-order valence-corrected chi connectivity index (χ3v) is 43.6. The van der Waals surface area contributed by atoms with Gasteiger partial charge in [-0.25, -0.2) is 0 Å². The van der Waals surface area contributed by atoms with Crippen LogP contribution in [0.15, 0.2) is 24.3 Å². The van der Waals surface area contributed by atoms with Gasteiger partial charge in [-0.15, -0.1) is 0 Å². The molecule has 0 N–H and O–H groups in total. The van der Waals surface area contributed by atoms with E-state index >= 15 is 0 Å². The minimum absolute atomic E-state index is 0.681. The number of hydrogen-bond donors (Lipinski definition) is 0. The monoisotopic (exact) mass is 463 g/mol. The first-order valence-corrected chi connectivity index (χ1v) is 26.8. The molecule has 1 heterocycles. The molecule has 5 heteroatoms. The van der Waals surface area contributed by atoms with Crippen molar-refractivity contribution in [2.75, 3.05) is 0 Å². The predicted octanol–water partition coefficient (Wildman–Crippen LogP) is 7.48. The van der Waals surface area contributed by atoms with E-state index in [1.165, 1.54) is 18.4 Å². The van der Waals surface area contributed by atoms with Crippen molar-refractivity contribution in [2.45, 2.75) is 107 Å². The highest BCUT2D eigenvalue weighted by Gasteiger charge is 2.72. The van der Waals surface area contributed by atoms with Crippen LogP contribution in [0.25, 0.3) is 0 Å². The van der Waals surface area contributed by atoms with Crippen molar-refractivity contribution in [2.24, 2.45) is 0 Å². The minimum Gasteiger partial charge on any atom is -0.0696 e. The van der Waals surface area contributed by atoms with Crippen LogP contribution in [0.5, 0.6) is 0 Å². The molecule has 2 rings (SSSR count). The van der Waals surface area contributed by atoms with Crippen molar-refractivity contribution < 1.29 is 0 Å². The fraction of sp³-hybridized carbons (Fsp3) is 0.739. The fourth-order valence-corrected chi connectivity index (χ4v) is 49.7. The number of aryl methyl sites for hydroxylation is 1. The van der Waals surface area contributed by atoms with E-state index in [0.29, 0.717) is 8.57 Å². The van der Waals surface area contributed by atoms with Crippen molar-refractivity contribution in [3.05, 3.63) is 29.8 Å². The zero-order valence-electron chi connectivity index (χ0n) is 21.2. The van der Waals surface area contributed by atoms with Gasteiger partial charge in [-0.3, -0.25) is 0 Å². The average Bonchev–Trinajstić information content (AvgIpc) is 2.85. The topological polar surface area (TPSA) is 0 Å². The molecule has 0 saturated carbocycles. The van der Waals surface area contributed by atoms with Crippen LogP contribution in [0.3, 0.4) is 0 Å². The van der Waals surface area contributed by atoms with Gasteiger partial charge in [0.2, 0.25) is 0 Å². The highest BCUT2D eigenvalue weighted by atomic mass is 28.5. The lowest BCUT2D eigenvalue weighted by molar-refractivity contribution is 0.763. The molecule has 0 bridgehead atoms. The van der Waals surface area contributed by atoms with Crippen molar-refractivity contribution in [1.29, 1.82) is 0 Å². The fourth-order valence-electron chi connectivity index (χ4n) is 7.45. The molecule has 1 saturated heterocycles. The molecule has 0 aliphatic carbocycles. The Hall–Kier alpha value is 0.304. The molecule has 0 amide bonds. The number of hydrogen-bond acceptors (Lipinski definition) is 0. The normalized spacial score (nSPS) is 21.2. The smallest absolute Gasteiger partial charge is 0.0696 e. The first-order chi connectivity index (χ1) is 12.3. The van der Waals surface area contributed by atoms with E-state index < -0.39 is 41.1 Å². The molecule has 1 radical (unpaired) electrons. The lowest BCUT2D eigenvalue weighted by atomic mass is 10.2. The maximum Gasteiger partial charge on any atom is 0.0875 e. The van der Waals surface area contributed by atoms with Gasteiger partial charge >= 0.3 is 0 Å². The molecule has 0 nitrogen and oxygen atoms in total. The SMILES string of the molecule is Cc1ccc([Si]2C([Si](C)(C)C)([Si](C)(C)C)CCC2([Si](C)(C)C)[Si](C)(C)C)cc1. The quantitative estimate of drug-likeness (QED) is 0.397. The lowest BCUT2D eigenvalue weighted by Gasteiger charge is -2.60. The van der Waals surface area contributed by atoms with Crippen molar-refractivity contribution in [1.82, 2.24) is 0 Å². The van der Waals surface area contributed by atoms with E-state index in [2.05, 4.69) is 110 Å². The first-order valence-electron chi connectivity index (χ1n) is 11.3. The van der Waals surface area contributed by atoms with Gasteiger partial charge in [0.25, 0.3) is 0 Å². The van der Waals surface area contributed by atoms with Crippen LogP contribution in [0.2, 0.25) is 87.1 Å². The molecular formula is C23H47Si5. The molecule has 1 aromatic carbocycles. The van der Waals surface area contributed by atoms with Gasteiger partial charge in [-0.05, 0) is 15.5 Å². The molecular weight excluding hydrogens is 417 g/mol. The highest BCUT2D eigenvalue weighted by Crippen LogP contribution is 2.70. The number of rotatable bonds is 5. The molecule has 159 valence electrons. The minimum atomic E-state index is -1.36. The standard InChI is InChI=1S/C23H47Si5/c1-20-14-16-21(17-15-20)24-22(25(2,3)4,26(5,6)7)18-19-23(24,27(8,9)10)28(11,12)13/h14-17H,18-19H2,1-13H3. The largest absolute Gasteiger partial charge is 0.0875 e. The second-order valence-corrected chi connectivity index (χ2v) is 41.0. The Morgan fingerprint density at radius 2 is 0.857 bits per heavy atom. The summed E-state index contributed by atoms with van der Waals surface area (Å²) in [6.45, 7) is 35.0. The van der Waals surface area contributed by atoms with Gasteiger partial charge in [0.1, 0.15) is 0 Å². The lowest BCUT2D eigenvalue weighted by Crippen LogP contribution is -2.72. The van der Waals surface area contributed by atoms with E-state index in [0.717, 1.165) is 0 Å². The third-order valence-electron chi connectivity index (χ3n) is 8.19. The molecule has 1 aliphatic heterocycles. The zero-order chi connectivity index (χ0) is 22.0. The highest BCUT2D eigenvalue weighted by molar-refractivity contribution is 7.24. The Bertz CT molecular complexity index is 625. The van der Waals surface area contributed by atoms with Crippen molar-refractivity contribution in [3.63, 3.8) is 0 Å². The predicted molar refractivity (Wildman–Crippen MR) is 145 cm³/mol. The van der Waals surface area contributed by atoms with E-state index in [4.69, 9.17) is 0 Å². The van der Waals surface area contributed by atoms with Crippen LogP contribution in [0.1, 0.15) is 18.4 Å². The molecule has 0 atom stereocenters. The van der Waals surface area contributed by atoms with Crippen LogP contribution in [0, 0.1) is 6.92 Å². The summed E-state index contributed by atoms with van der Waals surface area (Å²) >= 11 is 0. The molecule has 1 fully saturated rings. The Labute approximate surface area is 182 Å². The van der Waals surface area contributed by atoms with Gasteiger partial charge in [0, 0.05) is 32.3 Å². The third kappa shape index (κ3) is 3.51. The maximum atomic E-state index is 2.73. The van der Waals surface area contributed by atoms with Crippen LogP contribution in [-0.2, 0) is 0 Å². The van der Waals surface area contributed by atoms with E-state index in [9.17, 15) is 0 Å². The van der Waals surface area contributed by atoms with Crippen LogP contribution < -0.4 is 5.19 Å². The summed E-state index contributed by atoms with van der Waals surface area (Å²) in [6, 6.07) is 10.0. The summed E-state index contributed by atoms with van der Waals surface area (Å²) in [6.07, 6.45) is 3.07. The van der Waals surface area contributed by atoms with Gasteiger partial charge in [0.15, 0.2) is 0 Å². The van der Waals surface area contributed by atoms with E-state index in [1.807, 2.05) is 0 Å². The molecule has 1 aromatic rings. The van der Waals surface area contributed by atoms with Crippen LogP contribution >= 0.6 is 0 Å². The summed E-state index contributed by atoms with van der Waals surface area (Å²) in [5, 5.41) is 1.79. The number of benzene rings is 1. The summed E-state index contributed by atoms with van der Waals surface area (Å²) < 4.78 is 1.36. The molecule has 0 aromatic heterocycles. The maximum absolute atomic E-state index is 2.73. The van der Waals surface area contributed by atoms with E-state index in [-0.39, 0.29) is 0 Å². The van der Waals surface area contributed by atoms with Crippen molar-refractivity contribution in [3.8, 4) is 0 Å². The van der Waals surface area contributed by atoms with E-state index in [1.54, 1.807) is 5.19 Å². The van der Waals surface area contributed by atoms with Gasteiger partial charge in [0.05, 0.1) is 8.80 Å². The second kappa shape index (κ2) is 7.18. The van der Waals surface area contributed by atoms with Crippen LogP contribution in [0.4, 0.5) is 0 Å². The Morgan fingerprint density at radius 1 is 0.571 bits per heavy atom. The Morgan fingerprint density at radius 3 is 1.11 bits per heavy atom. The average molecular weight is 464 g/mol. The summed E-state index contributed by atoms with van der Waals surface area (Å²) in [5.41, 5.74) is 1.42. The van der Waals surface area contributed by atoms with Gasteiger partial charge in [-0.1, -0.05) is 126 Å². The Balaban J connectivity index is 3.00. The summed E-state index contributed by atoms with van der Waals surface area (Å²) in [5.74, 6) is 0. The van der Waals surface area contributed by atoms with Gasteiger partial charge in [-0.2, -0.15) is 0 Å². The molecule has 0 spiro atoms. The summed E-state index contributed by atoms with van der Waals surface area (Å²) in [4.78, 5) is 0. The van der Waals surface area contributed by atoms with Gasteiger partial charge < -0.3 is 0 Å². The zero-order valence-corrected chi connectivity index (χ0v) is 26.2. The van der Waals surface area contributed by atoms with Crippen molar-refractivity contribution >= 4 is 46.3 Å². The molecule has 1 aliphatic rings. The second-order valence-electron chi connectivity index (χ2n) is 13.6. The van der Waals surface area contributed by atoms with Crippen LogP contribution in [-0.4, -0.2) is 41.1 Å². The summed E-state index contributed by atoms with van der Waals surface area (Å²) in [7, 11) is -6.14. The first kappa shape index (κ1) is 24.6. The Kier molecular flexibility index (Phi) is 6.30. The molecule has 28 heavy (non-hydrogen) atoms.